The molecule has 0 aliphatic rings. The van der Waals surface area contributed by atoms with E-state index in [1.807, 2.05) is 6.92 Å². The number of carboxylic acids is 1. The maximum Gasteiger partial charge on any atom is 0.337 e. The van der Waals surface area contributed by atoms with Crippen molar-refractivity contribution in [2.24, 2.45) is 0 Å². The van der Waals surface area contributed by atoms with Gasteiger partial charge in [-0.1, -0.05) is 6.92 Å². The van der Waals surface area contributed by atoms with E-state index >= 15 is 0 Å². The SMILES string of the molecule is CCc1cc(C(=O)O)c(C)[nH]1. The molecule has 0 aliphatic heterocycles. The molecule has 0 amide bonds. The van der Waals surface area contributed by atoms with Crippen molar-refractivity contribution in [3.05, 3.63) is 23.0 Å². The Hall–Kier alpha value is -1.25. The molecule has 1 heterocycles. The predicted octanol–water partition coefficient (Wildman–Crippen LogP) is 1.58. The number of carboxylic acid groups (broad SMARTS) is 1. The number of H-pyrrole nitrogens is 1. The van der Waals surface area contributed by atoms with Crippen LogP contribution in [-0.4, -0.2) is 16.1 Å². The molecule has 3 heteroatoms. The average molecular weight is 153 g/mol. The van der Waals surface area contributed by atoms with E-state index in [9.17, 15) is 4.79 Å². The topological polar surface area (TPSA) is 53.1 Å². The van der Waals surface area contributed by atoms with Gasteiger partial charge in [-0.3, -0.25) is 0 Å². The van der Waals surface area contributed by atoms with Crippen molar-refractivity contribution in [3.63, 3.8) is 0 Å². The first-order chi connectivity index (χ1) is 5.15. The number of aryl methyl sites for hydroxylation is 2. The van der Waals surface area contributed by atoms with Crippen molar-refractivity contribution < 1.29 is 9.90 Å². The second-order valence-electron chi connectivity index (χ2n) is 2.49. The fourth-order valence-electron chi connectivity index (χ4n) is 1.04. The molecular weight excluding hydrogens is 142 g/mol. The van der Waals surface area contributed by atoms with Gasteiger partial charge in [0.05, 0.1) is 5.56 Å². The van der Waals surface area contributed by atoms with E-state index in [0.29, 0.717) is 5.56 Å². The molecule has 1 aromatic rings. The molecule has 1 rings (SSSR count). The summed E-state index contributed by atoms with van der Waals surface area (Å²) in [4.78, 5) is 13.5. The first-order valence-corrected chi connectivity index (χ1v) is 3.57. The molecule has 0 saturated heterocycles. The number of aromatic amines is 1. The molecule has 11 heavy (non-hydrogen) atoms. The summed E-state index contributed by atoms with van der Waals surface area (Å²) in [5, 5.41) is 8.65. The Morgan fingerprint density at radius 2 is 2.36 bits per heavy atom. The zero-order valence-corrected chi connectivity index (χ0v) is 6.64. The Balaban J connectivity index is 3.07. The molecule has 60 valence electrons. The third-order valence-electron chi connectivity index (χ3n) is 1.68. The highest BCUT2D eigenvalue weighted by atomic mass is 16.4. The number of hydrogen-bond acceptors (Lipinski definition) is 1. The third kappa shape index (κ3) is 1.42. The minimum Gasteiger partial charge on any atom is -0.478 e. The van der Waals surface area contributed by atoms with E-state index in [1.165, 1.54) is 0 Å². The summed E-state index contributed by atoms with van der Waals surface area (Å²) >= 11 is 0. The van der Waals surface area contributed by atoms with Crippen LogP contribution in [0.25, 0.3) is 0 Å². The monoisotopic (exact) mass is 153 g/mol. The summed E-state index contributed by atoms with van der Waals surface area (Å²) in [6.07, 6.45) is 0.841. The summed E-state index contributed by atoms with van der Waals surface area (Å²) in [5.41, 5.74) is 2.08. The lowest BCUT2D eigenvalue weighted by Crippen LogP contribution is -1.95. The predicted molar refractivity (Wildman–Crippen MR) is 41.9 cm³/mol. The number of nitrogens with one attached hydrogen (secondary N) is 1. The fourth-order valence-corrected chi connectivity index (χ4v) is 1.04. The number of carbonyl (C=O) groups is 1. The van der Waals surface area contributed by atoms with Crippen molar-refractivity contribution in [2.45, 2.75) is 20.3 Å². The lowest BCUT2D eigenvalue weighted by molar-refractivity contribution is 0.0696. The second kappa shape index (κ2) is 2.78. The van der Waals surface area contributed by atoms with Crippen LogP contribution < -0.4 is 0 Å². The van der Waals surface area contributed by atoms with E-state index in [4.69, 9.17) is 5.11 Å². The van der Waals surface area contributed by atoms with Crippen LogP contribution in [0.3, 0.4) is 0 Å². The van der Waals surface area contributed by atoms with Crippen molar-refractivity contribution in [2.75, 3.05) is 0 Å². The highest BCUT2D eigenvalue weighted by Crippen LogP contribution is 2.09. The van der Waals surface area contributed by atoms with Crippen LogP contribution in [0.15, 0.2) is 6.07 Å². The lowest BCUT2D eigenvalue weighted by Gasteiger charge is -1.87. The van der Waals surface area contributed by atoms with E-state index in [1.54, 1.807) is 13.0 Å². The Morgan fingerprint density at radius 3 is 2.64 bits per heavy atom. The van der Waals surface area contributed by atoms with Gasteiger partial charge < -0.3 is 10.1 Å². The zero-order valence-electron chi connectivity index (χ0n) is 6.64. The van der Waals surface area contributed by atoms with Crippen LogP contribution in [0, 0.1) is 6.92 Å². The molecule has 1 aromatic heterocycles. The zero-order chi connectivity index (χ0) is 8.43. The molecule has 0 atom stereocenters. The fraction of sp³-hybridized carbons (Fsp3) is 0.375. The highest BCUT2D eigenvalue weighted by molar-refractivity contribution is 5.89. The van der Waals surface area contributed by atoms with Gasteiger partial charge in [-0.15, -0.1) is 0 Å². The van der Waals surface area contributed by atoms with Crippen molar-refractivity contribution in [1.29, 1.82) is 0 Å². The Bertz CT molecular complexity index is 276. The summed E-state index contributed by atoms with van der Waals surface area (Å²) in [6.45, 7) is 3.75. The Labute approximate surface area is 65.1 Å². The first-order valence-electron chi connectivity index (χ1n) is 3.57. The molecule has 3 nitrogen and oxygen atoms in total. The quantitative estimate of drug-likeness (QED) is 0.677. The van der Waals surface area contributed by atoms with E-state index < -0.39 is 5.97 Å². The summed E-state index contributed by atoms with van der Waals surface area (Å²) in [7, 11) is 0. The van der Waals surface area contributed by atoms with Crippen molar-refractivity contribution in [3.8, 4) is 0 Å². The van der Waals surface area contributed by atoms with Crippen LogP contribution in [0.1, 0.15) is 28.7 Å². The third-order valence-corrected chi connectivity index (χ3v) is 1.68. The van der Waals surface area contributed by atoms with Crippen LogP contribution in [0.2, 0.25) is 0 Å². The maximum absolute atomic E-state index is 10.5. The molecular formula is C8H11NO2. The Morgan fingerprint density at radius 1 is 1.73 bits per heavy atom. The lowest BCUT2D eigenvalue weighted by atomic mass is 10.2. The minimum absolute atomic E-state index is 0.377. The van der Waals surface area contributed by atoms with E-state index in [-0.39, 0.29) is 0 Å². The number of rotatable bonds is 2. The standard InChI is InChI=1S/C8H11NO2/c1-3-6-4-7(8(10)11)5(2)9-6/h4,9H,3H2,1-2H3,(H,10,11). The van der Waals surface area contributed by atoms with Crippen LogP contribution in [0.4, 0.5) is 0 Å². The average Bonchev–Trinajstić information content (AvgIpc) is 2.30. The molecule has 0 fully saturated rings. The van der Waals surface area contributed by atoms with Gasteiger partial charge in [-0.05, 0) is 19.4 Å². The number of aromatic nitrogens is 1. The van der Waals surface area contributed by atoms with E-state index in [0.717, 1.165) is 17.8 Å². The van der Waals surface area contributed by atoms with Crippen molar-refractivity contribution >= 4 is 5.97 Å². The number of hydrogen-bond donors (Lipinski definition) is 2. The largest absolute Gasteiger partial charge is 0.478 e. The van der Waals surface area contributed by atoms with Crippen LogP contribution in [0.5, 0.6) is 0 Å². The maximum atomic E-state index is 10.5. The van der Waals surface area contributed by atoms with E-state index in [2.05, 4.69) is 4.98 Å². The van der Waals surface area contributed by atoms with Gasteiger partial charge in [0, 0.05) is 11.4 Å². The van der Waals surface area contributed by atoms with Gasteiger partial charge in [0.25, 0.3) is 0 Å². The van der Waals surface area contributed by atoms with Gasteiger partial charge >= 0.3 is 5.97 Å². The van der Waals surface area contributed by atoms with Gasteiger partial charge in [0.15, 0.2) is 0 Å². The number of aromatic carboxylic acids is 1. The molecule has 0 bridgehead atoms. The van der Waals surface area contributed by atoms with Crippen LogP contribution >= 0.6 is 0 Å². The summed E-state index contributed by atoms with van der Waals surface area (Å²) < 4.78 is 0. The minimum atomic E-state index is -0.863. The molecule has 0 saturated carbocycles. The molecule has 2 N–H and O–H groups in total. The molecule has 0 spiro atoms. The van der Waals surface area contributed by atoms with Gasteiger partial charge in [-0.25, -0.2) is 4.79 Å². The van der Waals surface area contributed by atoms with Gasteiger partial charge in [0.2, 0.25) is 0 Å². The Kier molecular flexibility index (Phi) is 1.98. The molecule has 0 radical (unpaired) electrons. The first kappa shape index (κ1) is 7.85. The van der Waals surface area contributed by atoms with Gasteiger partial charge in [-0.2, -0.15) is 0 Å². The summed E-state index contributed by atoms with van der Waals surface area (Å²) in [6, 6.07) is 1.68. The summed E-state index contributed by atoms with van der Waals surface area (Å²) in [5.74, 6) is -0.863. The van der Waals surface area contributed by atoms with Crippen LogP contribution in [-0.2, 0) is 6.42 Å². The molecule has 0 aromatic carbocycles. The molecule has 0 aliphatic carbocycles. The smallest absolute Gasteiger partial charge is 0.337 e. The van der Waals surface area contributed by atoms with Gasteiger partial charge in [0.1, 0.15) is 0 Å². The van der Waals surface area contributed by atoms with Crippen molar-refractivity contribution in [1.82, 2.24) is 4.98 Å². The second-order valence-corrected chi connectivity index (χ2v) is 2.49. The normalized spacial score (nSPS) is 10.0. The molecule has 0 unspecified atom stereocenters. The highest BCUT2D eigenvalue weighted by Gasteiger charge is 2.09.